The topological polar surface area (TPSA) is 16.4 Å². The van der Waals surface area contributed by atoms with Crippen molar-refractivity contribution in [3.05, 3.63) is 199 Å². The van der Waals surface area contributed by atoms with Crippen LogP contribution >= 0.6 is 0 Å². The van der Waals surface area contributed by atoms with E-state index in [0.717, 1.165) is 39.0 Å². The van der Waals surface area contributed by atoms with E-state index in [-0.39, 0.29) is 5.41 Å². The summed E-state index contributed by atoms with van der Waals surface area (Å²) in [5.74, 6) is 0. The van der Waals surface area contributed by atoms with Gasteiger partial charge in [-0.05, 0) is 127 Å². The molecule has 2 heteroatoms. The van der Waals surface area contributed by atoms with Gasteiger partial charge in [0, 0.05) is 33.2 Å². The van der Waals surface area contributed by atoms with Crippen molar-refractivity contribution in [1.29, 1.82) is 0 Å². The molecule has 1 heterocycles. The maximum atomic E-state index is 6.23. The number of rotatable bonds is 5. The van der Waals surface area contributed by atoms with Gasteiger partial charge in [-0.25, -0.2) is 0 Å². The molecule has 2 nitrogen and oxygen atoms in total. The van der Waals surface area contributed by atoms with E-state index in [1.165, 1.54) is 66.1 Å². The first-order valence-electron chi connectivity index (χ1n) is 19.1. The first-order chi connectivity index (χ1) is 27.0. The van der Waals surface area contributed by atoms with Gasteiger partial charge in [0.05, 0.1) is 0 Å². The van der Waals surface area contributed by atoms with Gasteiger partial charge in [0.1, 0.15) is 11.2 Å². The first-order valence-corrected chi connectivity index (χ1v) is 19.1. The van der Waals surface area contributed by atoms with Crippen LogP contribution in [0, 0.1) is 0 Å². The third-order valence-corrected chi connectivity index (χ3v) is 11.8. The van der Waals surface area contributed by atoms with Crippen molar-refractivity contribution in [2.24, 2.45) is 0 Å². The van der Waals surface area contributed by atoms with Crippen LogP contribution in [0.5, 0.6) is 0 Å². The molecule has 0 saturated carbocycles. The van der Waals surface area contributed by atoms with Crippen molar-refractivity contribution in [2.75, 3.05) is 4.90 Å². The number of nitrogens with zero attached hydrogens (tertiary/aromatic N) is 1. The molecule has 0 N–H and O–H groups in total. The molecule has 0 radical (unpaired) electrons. The Labute approximate surface area is 320 Å². The minimum absolute atomic E-state index is 0.0954. The van der Waals surface area contributed by atoms with Crippen LogP contribution in [-0.2, 0) is 5.41 Å². The van der Waals surface area contributed by atoms with E-state index in [2.05, 4.69) is 195 Å². The molecular weight excluding hydrogens is 667 g/mol. The van der Waals surface area contributed by atoms with E-state index in [1.54, 1.807) is 0 Å². The monoisotopic (exact) mass is 703 g/mol. The van der Waals surface area contributed by atoms with Gasteiger partial charge in [0.15, 0.2) is 0 Å². The van der Waals surface area contributed by atoms with Gasteiger partial charge in [0.2, 0.25) is 0 Å². The fraction of sp³-hybridized carbons (Fsp3) is 0.0566. The molecule has 0 amide bonds. The minimum Gasteiger partial charge on any atom is -0.456 e. The highest BCUT2D eigenvalue weighted by Crippen LogP contribution is 2.55. The van der Waals surface area contributed by atoms with E-state index in [0.29, 0.717) is 0 Å². The van der Waals surface area contributed by atoms with Crippen molar-refractivity contribution in [3.8, 4) is 33.4 Å². The number of anilines is 3. The number of hydrogen-bond donors (Lipinski definition) is 0. The highest BCUT2D eigenvalue weighted by Gasteiger charge is 2.38. The summed E-state index contributed by atoms with van der Waals surface area (Å²) in [5, 5.41) is 7.26. The number of benzene rings is 9. The smallest absolute Gasteiger partial charge is 0.135 e. The van der Waals surface area contributed by atoms with Crippen LogP contribution in [-0.4, -0.2) is 0 Å². The fourth-order valence-electron chi connectivity index (χ4n) is 9.16. The largest absolute Gasteiger partial charge is 0.456 e. The van der Waals surface area contributed by atoms with Gasteiger partial charge in [-0.1, -0.05) is 141 Å². The zero-order valence-electron chi connectivity index (χ0n) is 30.8. The molecule has 0 aliphatic heterocycles. The molecule has 9 aromatic carbocycles. The molecular formula is C53H37NO. The van der Waals surface area contributed by atoms with Crippen LogP contribution < -0.4 is 4.90 Å². The van der Waals surface area contributed by atoms with Crippen LogP contribution in [0.2, 0.25) is 0 Å². The Morgan fingerprint density at radius 1 is 0.400 bits per heavy atom. The van der Waals surface area contributed by atoms with Crippen LogP contribution in [0.25, 0.3) is 76.9 Å². The molecule has 260 valence electrons. The SMILES string of the molecule is CC1(C)c2ccccc2-c2c(-c3ccc4cc(N(c5ccc(-c6ccccc6)cc5)c5ccc6oc7ccccc7c6c5)ccc4c3)cc3ccccc3c21. The number of furan rings is 1. The predicted molar refractivity (Wildman–Crippen MR) is 232 cm³/mol. The fourth-order valence-corrected chi connectivity index (χ4v) is 9.16. The van der Waals surface area contributed by atoms with E-state index >= 15 is 0 Å². The van der Waals surface area contributed by atoms with Crippen LogP contribution in [0.4, 0.5) is 17.1 Å². The Morgan fingerprint density at radius 3 is 1.89 bits per heavy atom. The second-order valence-electron chi connectivity index (χ2n) is 15.3. The molecule has 0 unspecified atom stereocenters. The Bertz CT molecular complexity index is 3110. The van der Waals surface area contributed by atoms with Gasteiger partial charge < -0.3 is 9.32 Å². The van der Waals surface area contributed by atoms with Crippen molar-refractivity contribution < 1.29 is 4.42 Å². The Kier molecular flexibility index (Phi) is 6.93. The normalized spacial score (nSPS) is 13.1. The third-order valence-electron chi connectivity index (χ3n) is 11.8. The second kappa shape index (κ2) is 12.1. The zero-order chi connectivity index (χ0) is 36.7. The van der Waals surface area contributed by atoms with E-state index in [9.17, 15) is 0 Å². The highest BCUT2D eigenvalue weighted by molar-refractivity contribution is 6.08. The van der Waals surface area contributed by atoms with E-state index < -0.39 is 0 Å². The van der Waals surface area contributed by atoms with Gasteiger partial charge >= 0.3 is 0 Å². The summed E-state index contributed by atoms with van der Waals surface area (Å²) in [6.07, 6.45) is 0. The summed E-state index contributed by atoms with van der Waals surface area (Å²) in [6.45, 7) is 4.76. The van der Waals surface area contributed by atoms with Gasteiger partial charge in [-0.2, -0.15) is 0 Å². The van der Waals surface area contributed by atoms with E-state index in [1.807, 2.05) is 12.1 Å². The lowest BCUT2D eigenvalue weighted by atomic mass is 9.79. The predicted octanol–water partition coefficient (Wildman–Crippen LogP) is 15.0. The van der Waals surface area contributed by atoms with Crippen molar-refractivity contribution >= 4 is 60.5 Å². The Balaban J connectivity index is 1.06. The molecule has 0 atom stereocenters. The summed E-state index contributed by atoms with van der Waals surface area (Å²) >= 11 is 0. The molecule has 0 spiro atoms. The van der Waals surface area contributed by atoms with Crippen LogP contribution in [0.1, 0.15) is 25.0 Å². The highest BCUT2D eigenvalue weighted by atomic mass is 16.3. The molecule has 1 aliphatic rings. The first kappa shape index (κ1) is 31.6. The van der Waals surface area contributed by atoms with Gasteiger partial charge in [-0.15, -0.1) is 0 Å². The van der Waals surface area contributed by atoms with Gasteiger partial charge in [-0.3, -0.25) is 0 Å². The second-order valence-corrected chi connectivity index (χ2v) is 15.3. The van der Waals surface area contributed by atoms with Crippen molar-refractivity contribution in [1.82, 2.24) is 0 Å². The summed E-state index contributed by atoms with van der Waals surface area (Å²) < 4.78 is 6.23. The molecule has 10 aromatic rings. The molecule has 11 rings (SSSR count). The summed E-state index contributed by atoms with van der Waals surface area (Å²) in [5.41, 5.74) is 15.4. The molecule has 55 heavy (non-hydrogen) atoms. The van der Waals surface area contributed by atoms with Crippen LogP contribution in [0.15, 0.2) is 192 Å². The lowest BCUT2D eigenvalue weighted by Crippen LogP contribution is -2.15. The molecule has 0 bridgehead atoms. The van der Waals surface area contributed by atoms with Gasteiger partial charge in [0.25, 0.3) is 0 Å². The van der Waals surface area contributed by atoms with E-state index in [4.69, 9.17) is 4.42 Å². The summed E-state index contributed by atoms with van der Waals surface area (Å²) in [6, 6.07) is 68.4. The van der Waals surface area contributed by atoms with Crippen LogP contribution in [0.3, 0.4) is 0 Å². The minimum atomic E-state index is -0.0954. The number of para-hydroxylation sites is 1. The molecule has 0 saturated heterocycles. The Morgan fingerprint density at radius 2 is 1.02 bits per heavy atom. The maximum Gasteiger partial charge on any atom is 0.135 e. The average Bonchev–Trinajstić information content (AvgIpc) is 3.73. The maximum absolute atomic E-state index is 6.23. The molecule has 1 aliphatic carbocycles. The Hall–Kier alpha value is -6.90. The zero-order valence-corrected chi connectivity index (χ0v) is 30.8. The average molecular weight is 704 g/mol. The lowest BCUT2D eigenvalue weighted by molar-refractivity contribution is 0.666. The summed E-state index contributed by atoms with van der Waals surface area (Å²) in [7, 11) is 0. The molecule has 0 fully saturated rings. The quantitative estimate of drug-likeness (QED) is 0.177. The molecule has 1 aromatic heterocycles. The number of hydrogen-bond acceptors (Lipinski definition) is 2. The van der Waals surface area contributed by atoms with Crippen molar-refractivity contribution in [3.63, 3.8) is 0 Å². The number of fused-ring (bicyclic) bond motifs is 9. The van der Waals surface area contributed by atoms with Crippen molar-refractivity contribution in [2.45, 2.75) is 19.3 Å². The standard InChI is InChI=1S/C53H37NO/c1-53(2)48-18-10-8-17-45(48)51-46(32-38-14-6-7-15-43(38)52(51)53)39-21-20-37-31-41(27-24-36(37)30-39)54(40-25-22-35(23-26-40)34-12-4-3-5-13-34)42-28-29-50-47(33-42)44-16-9-11-19-49(44)55-50/h3-33H,1-2H3. The lowest BCUT2D eigenvalue weighted by Gasteiger charge is -2.26. The third kappa shape index (κ3) is 4.95. The summed E-state index contributed by atoms with van der Waals surface area (Å²) in [4.78, 5) is 2.36.